The van der Waals surface area contributed by atoms with Crippen LogP contribution in [0.5, 0.6) is 0 Å². The summed E-state index contributed by atoms with van der Waals surface area (Å²) in [5.74, 6) is 0.0134. The highest BCUT2D eigenvalue weighted by Crippen LogP contribution is 2.26. The number of likely N-dealkylation sites (tertiary alicyclic amines) is 1. The minimum absolute atomic E-state index is 0. The third-order valence-electron chi connectivity index (χ3n) is 5.23. The summed E-state index contributed by atoms with van der Waals surface area (Å²) in [5, 5.41) is 0. The number of aromatic nitrogens is 2. The van der Waals surface area contributed by atoms with E-state index in [0.717, 1.165) is 29.4 Å². The van der Waals surface area contributed by atoms with Gasteiger partial charge in [-0.05, 0) is 49.6 Å². The number of hydrogen-bond acceptors (Lipinski definition) is 3. The summed E-state index contributed by atoms with van der Waals surface area (Å²) in [6.07, 6.45) is 1.52. The summed E-state index contributed by atoms with van der Waals surface area (Å²) in [4.78, 5) is 30.0. The lowest BCUT2D eigenvalue weighted by molar-refractivity contribution is 0.0694. The van der Waals surface area contributed by atoms with Gasteiger partial charge in [0, 0.05) is 30.4 Å². The number of benzene rings is 2. The van der Waals surface area contributed by atoms with Gasteiger partial charge in [0.05, 0.1) is 11.0 Å². The van der Waals surface area contributed by atoms with Crippen LogP contribution in [0.25, 0.3) is 11.0 Å². The van der Waals surface area contributed by atoms with Gasteiger partial charge in [-0.25, -0.2) is 4.79 Å². The summed E-state index contributed by atoms with van der Waals surface area (Å²) in [6.45, 7) is 3.18. The first kappa shape index (κ1) is 19.0. The van der Waals surface area contributed by atoms with Gasteiger partial charge in [0.1, 0.15) is 0 Å². The molecule has 142 valence electrons. The van der Waals surface area contributed by atoms with E-state index >= 15 is 0 Å². The van der Waals surface area contributed by atoms with E-state index in [1.165, 1.54) is 0 Å². The maximum absolute atomic E-state index is 12.8. The molecule has 2 aromatic carbocycles. The van der Waals surface area contributed by atoms with Crippen molar-refractivity contribution in [2.24, 2.45) is 0 Å². The number of halogens is 1. The number of nitrogens with zero attached hydrogens (tertiary/aromatic N) is 2. The van der Waals surface area contributed by atoms with Gasteiger partial charge in [-0.1, -0.05) is 18.2 Å². The Morgan fingerprint density at radius 1 is 1.15 bits per heavy atom. The number of fused-ring (bicyclic) bond motifs is 1. The Labute approximate surface area is 163 Å². The number of rotatable bonds is 2. The molecule has 0 saturated carbocycles. The summed E-state index contributed by atoms with van der Waals surface area (Å²) in [5.41, 5.74) is 9.72. The zero-order chi connectivity index (χ0) is 18.3. The molecule has 1 amide bonds. The maximum atomic E-state index is 12.8. The number of carbonyl (C=O) groups excluding carboxylic acids is 1. The standard InChI is InChI=1S/C20H22N4O2.ClH/c1-13-6-7-14(21)12-16(13)19(25)23-10-8-15(9-11-23)24-18-5-3-2-4-17(18)22-20(24)26;/h2-7,12,15H,8-11,21H2,1H3,(H,22,26);1H. The molecule has 1 saturated heterocycles. The number of anilines is 1. The lowest BCUT2D eigenvalue weighted by Gasteiger charge is -2.33. The van der Waals surface area contributed by atoms with Gasteiger partial charge in [0.2, 0.25) is 0 Å². The molecule has 3 aromatic rings. The predicted molar refractivity (Wildman–Crippen MR) is 110 cm³/mol. The first-order chi connectivity index (χ1) is 12.5. The number of imidazole rings is 1. The highest BCUT2D eigenvalue weighted by atomic mass is 35.5. The zero-order valence-corrected chi connectivity index (χ0v) is 16.0. The molecule has 0 radical (unpaired) electrons. The van der Waals surface area contributed by atoms with E-state index < -0.39 is 0 Å². The zero-order valence-electron chi connectivity index (χ0n) is 15.1. The number of nitrogens with two attached hydrogens (primary N) is 1. The minimum atomic E-state index is -0.0809. The van der Waals surface area contributed by atoms with E-state index in [1.54, 1.807) is 6.07 Å². The number of H-pyrrole nitrogens is 1. The molecule has 1 aliphatic rings. The van der Waals surface area contributed by atoms with Crippen LogP contribution in [0.1, 0.15) is 34.8 Å². The van der Waals surface area contributed by atoms with Crippen LogP contribution < -0.4 is 11.4 Å². The van der Waals surface area contributed by atoms with Gasteiger partial charge < -0.3 is 15.6 Å². The van der Waals surface area contributed by atoms with Crippen molar-refractivity contribution in [1.82, 2.24) is 14.5 Å². The quantitative estimate of drug-likeness (QED) is 0.663. The lowest BCUT2D eigenvalue weighted by atomic mass is 10.0. The molecule has 6 nitrogen and oxygen atoms in total. The highest BCUT2D eigenvalue weighted by Gasteiger charge is 2.27. The fraction of sp³-hybridized carbons (Fsp3) is 0.300. The summed E-state index contributed by atoms with van der Waals surface area (Å²) in [7, 11) is 0. The van der Waals surface area contributed by atoms with Crippen LogP contribution in [0.15, 0.2) is 47.3 Å². The maximum Gasteiger partial charge on any atom is 0.326 e. The van der Waals surface area contributed by atoms with Crippen LogP contribution in [-0.2, 0) is 0 Å². The SMILES string of the molecule is Cc1ccc(N)cc1C(=O)N1CCC(n2c(=O)[nH]c3ccccc32)CC1.Cl. The normalized spacial score (nSPS) is 14.9. The van der Waals surface area contributed by atoms with Crippen LogP contribution in [0, 0.1) is 6.92 Å². The predicted octanol–water partition coefficient (Wildman–Crippen LogP) is 3.12. The Hall–Kier alpha value is -2.73. The second-order valence-corrected chi connectivity index (χ2v) is 6.92. The van der Waals surface area contributed by atoms with Crippen molar-refractivity contribution in [3.63, 3.8) is 0 Å². The molecule has 0 spiro atoms. The number of amides is 1. The first-order valence-electron chi connectivity index (χ1n) is 8.89. The van der Waals surface area contributed by atoms with Crippen LogP contribution in [-0.4, -0.2) is 33.4 Å². The number of nitrogen functional groups attached to an aromatic ring is 1. The Balaban J connectivity index is 0.00000210. The van der Waals surface area contributed by atoms with E-state index in [-0.39, 0.29) is 30.0 Å². The van der Waals surface area contributed by atoms with Gasteiger partial charge in [-0.2, -0.15) is 0 Å². The number of piperidine rings is 1. The van der Waals surface area contributed by atoms with Crippen molar-refractivity contribution in [3.8, 4) is 0 Å². The summed E-state index contributed by atoms with van der Waals surface area (Å²) >= 11 is 0. The van der Waals surface area contributed by atoms with Crippen LogP contribution in [0.4, 0.5) is 5.69 Å². The average Bonchev–Trinajstić information content (AvgIpc) is 2.99. The van der Waals surface area contributed by atoms with E-state index in [1.807, 2.05) is 52.8 Å². The molecule has 1 fully saturated rings. The molecule has 2 heterocycles. The topological polar surface area (TPSA) is 84.1 Å². The molecule has 0 aliphatic carbocycles. The van der Waals surface area contributed by atoms with E-state index in [4.69, 9.17) is 5.73 Å². The molecule has 3 N–H and O–H groups in total. The Bertz CT molecular complexity index is 1030. The van der Waals surface area contributed by atoms with Crippen molar-refractivity contribution in [2.45, 2.75) is 25.8 Å². The fourth-order valence-corrected chi connectivity index (χ4v) is 3.80. The number of carbonyl (C=O) groups is 1. The van der Waals surface area contributed by atoms with E-state index in [2.05, 4.69) is 4.98 Å². The molecule has 0 bridgehead atoms. The number of nitrogens with one attached hydrogen (secondary N) is 1. The summed E-state index contributed by atoms with van der Waals surface area (Å²) < 4.78 is 1.84. The molecule has 1 aliphatic heterocycles. The monoisotopic (exact) mass is 386 g/mol. The van der Waals surface area contributed by atoms with Gasteiger partial charge in [0.15, 0.2) is 0 Å². The fourth-order valence-electron chi connectivity index (χ4n) is 3.80. The van der Waals surface area contributed by atoms with E-state index in [9.17, 15) is 9.59 Å². The van der Waals surface area contributed by atoms with Crippen LogP contribution in [0.2, 0.25) is 0 Å². The minimum Gasteiger partial charge on any atom is -0.399 e. The number of aromatic amines is 1. The van der Waals surface area contributed by atoms with Crippen molar-refractivity contribution in [3.05, 3.63) is 64.1 Å². The van der Waals surface area contributed by atoms with Crippen LogP contribution in [0.3, 0.4) is 0 Å². The van der Waals surface area contributed by atoms with Gasteiger partial charge in [-0.3, -0.25) is 9.36 Å². The first-order valence-corrected chi connectivity index (χ1v) is 8.89. The Morgan fingerprint density at radius 2 is 1.85 bits per heavy atom. The van der Waals surface area contributed by atoms with Crippen molar-refractivity contribution in [1.29, 1.82) is 0 Å². The average molecular weight is 387 g/mol. The second-order valence-electron chi connectivity index (χ2n) is 6.92. The van der Waals surface area contributed by atoms with Crippen molar-refractivity contribution < 1.29 is 4.79 Å². The molecular formula is C20H23ClN4O2. The third-order valence-corrected chi connectivity index (χ3v) is 5.23. The summed E-state index contributed by atoms with van der Waals surface area (Å²) in [6, 6.07) is 13.3. The molecule has 4 rings (SSSR count). The highest BCUT2D eigenvalue weighted by molar-refractivity contribution is 5.96. The van der Waals surface area contributed by atoms with Crippen molar-refractivity contribution in [2.75, 3.05) is 18.8 Å². The lowest BCUT2D eigenvalue weighted by Crippen LogP contribution is -2.40. The van der Waals surface area contributed by atoms with Gasteiger partial charge in [-0.15, -0.1) is 12.4 Å². The number of para-hydroxylation sites is 2. The van der Waals surface area contributed by atoms with E-state index in [0.29, 0.717) is 24.3 Å². The number of hydrogen-bond donors (Lipinski definition) is 2. The molecular weight excluding hydrogens is 364 g/mol. The largest absolute Gasteiger partial charge is 0.399 e. The smallest absolute Gasteiger partial charge is 0.326 e. The molecule has 7 heteroatoms. The van der Waals surface area contributed by atoms with Crippen LogP contribution >= 0.6 is 12.4 Å². The molecule has 1 aromatic heterocycles. The molecule has 0 unspecified atom stereocenters. The second kappa shape index (κ2) is 7.48. The van der Waals surface area contributed by atoms with Crippen molar-refractivity contribution >= 4 is 35.0 Å². The Morgan fingerprint density at radius 3 is 2.59 bits per heavy atom. The van der Waals surface area contributed by atoms with Gasteiger partial charge >= 0.3 is 5.69 Å². The molecule has 0 atom stereocenters. The van der Waals surface area contributed by atoms with Gasteiger partial charge in [0.25, 0.3) is 5.91 Å². The number of aryl methyl sites for hydroxylation is 1. The Kier molecular flexibility index (Phi) is 5.28. The molecule has 27 heavy (non-hydrogen) atoms. The third kappa shape index (κ3) is 3.45.